The minimum Gasteiger partial charge on any atom is -0.463 e. The number of ether oxygens (including phenoxy) is 1. The minimum absolute atomic E-state index is 0.366. The standard InChI is InChI=1S/C9H9BrO3/c1-2-12-9(11)6-4-7-3-5-8(10)13-7/h3-6H,2H2,1H3/b6-4+. The molecular formula is C9H9BrO3. The first kappa shape index (κ1) is 10.1. The topological polar surface area (TPSA) is 39.4 Å². The van der Waals surface area contributed by atoms with Crippen LogP contribution < -0.4 is 0 Å². The average Bonchev–Trinajstić information content (AvgIpc) is 2.49. The van der Waals surface area contributed by atoms with E-state index in [0.717, 1.165) is 0 Å². The fourth-order valence-electron chi connectivity index (χ4n) is 0.758. The monoisotopic (exact) mass is 244 g/mol. The van der Waals surface area contributed by atoms with E-state index in [9.17, 15) is 4.79 Å². The summed E-state index contributed by atoms with van der Waals surface area (Å²) in [5, 5.41) is 0. The Bertz CT molecular complexity index is 314. The van der Waals surface area contributed by atoms with Crippen LogP contribution in [-0.4, -0.2) is 12.6 Å². The third-order valence-corrected chi connectivity index (χ3v) is 1.69. The second kappa shape index (κ2) is 4.87. The SMILES string of the molecule is CCOC(=O)/C=C/c1ccc(Br)o1. The number of carbonyl (C=O) groups excluding carboxylic acids is 1. The highest BCUT2D eigenvalue weighted by Crippen LogP contribution is 2.14. The van der Waals surface area contributed by atoms with Gasteiger partial charge in [0.2, 0.25) is 0 Å². The van der Waals surface area contributed by atoms with E-state index in [0.29, 0.717) is 17.0 Å². The van der Waals surface area contributed by atoms with Crippen LogP contribution in [0.1, 0.15) is 12.7 Å². The Morgan fingerprint density at radius 1 is 1.69 bits per heavy atom. The Labute approximate surface area is 84.5 Å². The van der Waals surface area contributed by atoms with Crippen LogP contribution in [0.3, 0.4) is 0 Å². The van der Waals surface area contributed by atoms with Crippen LogP contribution in [0, 0.1) is 0 Å². The van der Waals surface area contributed by atoms with Crippen LogP contribution in [0.2, 0.25) is 0 Å². The van der Waals surface area contributed by atoms with E-state index < -0.39 is 0 Å². The summed E-state index contributed by atoms with van der Waals surface area (Å²) < 4.78 is 10.5. The molecule has 3 nitrogen and oxygen atoms in total. The van der Waals surface area contributed by atoms with Crippen LogP contribution in [0.5, 0.6) is 0 Å². The molecule has 0 unspecified atom stereocenters. The Balaban J connectivity index is 2.53. The summed E-state index contributed by atoms with van der Waals surface area (Å²) in [6.45, 7) is 2.14. The molecule has 0 radical (unpaired) electrons. The molecule has 1 aromatic heterocycles. The van der Waals surface area contributed by atoms with Gasteiger partial charge in [-0.1, -0.05) is 0 Å². The van der Waals surface area contributed by atoms with E-state index in [1.807, 2.05) is 0 Å². The molecule has 70 valence electrons. The summed E-state index contributed by atoms with van der Waals surface area (Å²) in [5.41, 5.74) is 0. The van der Waals surface area contributed by atoms with Crippen LogP contribution in [0.4, 0.5) is 0 Å². The normalized spacial score (nSPS) is 10.6. The molecule has 0 saturated carbocycles. The van der Waals surface area contributed by atoms with Gasteiger partial charge < -0.3 is 9.15 Å². The fraction of sp³-hybridized carbons (Fsp3) is 0.222. The van der Waals surface area contributed by atoms with Gasteiger partial charge >= 0.3 is 5.97 Å². The van der Waals surface area contributed by atoms with Crippen molar-refractivity contribution >= 4 is 28.0 Å². The van der Waals surface area contributed by atoms with Gasteiger partial charge in [-0.15, -0.1) is 0 Å². The number of halogens is 1. The molecule has 0 aliphatic rings. The van der Waals surface area contributed by atoms with Crippen molar-refractivity contribution in [1.82, 2.24) is 0 Å². The molecule has 4 heteroatoms. The van der Waals surface area contributed by atoms with E-state index in [1.54, 1.807) is 25.1 Å². The highest BCUT2D eigenvalue weighted by atomic mass is 79.9. The van der Waals surface area contributed by atoms with Gasteiger partial charge in [-0.2, -0.15) is 0 Å². The number of rotatable bonds is 3. The fourth-order valence-corrected chi connectivity index (χ4v) is 1.08. The molecule has 1 aromatic rings. The molecule has 0 aliphatic heterocycles. The Hall–Kier alpha value is -1.03. The molecule has 1 heterocycles. The van der Waals surface area contributed by atoms with Crippen molar-refractivity contribution < 1.29 is 13.9 Å². The third-order valence-electron chi connectivity index (χ3n) is 1.26. The van der Waals surface area contributed by atoms with Gasteiger partial charge in [-0.25, -0.2) is 4.79 Å². The molecule has 1 rings (SSSR count). The van der Waals surface area contributed by atoms with E-state index in [-0.39, 0.29) is 5.97 Å². The van der Waals surface area contributed by atoms with Crippen LogP contribution >= 0.6 is 15.9 Å². The quantitative estimate of drug-likeness (QED) is 0.607. The highest BCUT2D eigenvalue weighted by molar-refractivity contribution is 9.10. The maximum atomic E-state index is 10.9. The first-order chi connectivity index (χ1) is 6.22. The van der Waals surface area contributed by atoms with Crippen molar-refractivity contribution in [3.05, 3.63) is 28.6 Å². The Morgan fingerprint density at radius 3 is 3.00 bits per heavy atom. The molecule has 0 spiro atoms. The molecule has 0 bridgehead atoms. The molecule has 13 heavy (non-hydrogen) atoms. The Kier molecular flexibility index (Phi) is 3.76. The summed E-state index contributed by atoms with van der Waals surface area (Å²) >= 11 is 3.15. The van der Waals surface area contributed by atoms with Crippen molar-refractivity contribution in [2.24, 2.45) is 0 Å². The lowest BCUT2D eigenvalue weighted by molar-refractivity contribution is -0.137. The van der Waals surface area contributed by atoms with Gasteiger partial charge in [0.05, 0.1) is 6.61 Å². The largest absolute Gasteiger partial charge is 0.463 e. The number of esters is 1. The maximum absolute atomic E-state index is 10.9. The lowest BCUT2D eigenvalue weighted by Gasteiger charge is -1.92. The zero-order chi connectivity index (χ0) is 9.68. The molecular weight excluding hydrogens is 236 g/mol. The Morgan fingerprint density at radius 2 is 2.46 bits per heavy atom. The summed E-state index contributed by atoms with van der Waals surface area (Å²) in [6, 6.07) is 3.50. The molecule has 0 atom stereocenters. The molecule has 0 fully saturated rings. The summed E-state index contributed by atoms with van der Waals surface area (Å²) in [5.74, 6) is 0.245. The zero-order valence-corrected chi connectivity index (χ0v) is 8.71. The van der Waals surface area contributed by atoms with Crippen molar-refractivity contribution in [1.29, 1.82) is 0 Å². The van der Waals surface area contributed by atoms with E-state index >= 15 is 0 Å². The van der Waals surface area contributed by atoms with Gasteiger partial charge in [0.25, 0.3) is 0 Å². The second-order valence-corrected chi connectivity index (χ2v) is 3.01. The summed E-state index contributed by atoms with van der Waals surface area (Å²) in [4.78, 5) is 10.9. The van der Waals surface area contributed by atoms with Crippen molar-refractivity contribution in [2.45, 2.75) is 6.92 Å². The molecule has 0 aliphatic carbocycles. The lowest BCUT2D eigenvalue weighted by atomic mass is 10.4. The first-order valence-electron chi connectivity index (χ1n) is 3.82. The van der Waals surface area contributed by atoms with Gasteiger partial charge in [0.15, 0.2) is 4.67 Å². The van der Waals surface area contributed by atoms with E-state index in [4.69, 9.17) is 9.15 Å². The number of furan rings is 1. The second-order valence-electron chi connectivity index (χ2n) is 2.23. The van der Waals surface area contributed by atoms with Crippen molar-refractivity contribution in [3.8, 4) is 0 Å². The summed E-state index contributed by atoms with van der Waals surface area (Å²) in [7, 11) is 0. The number of hydrogen-bond donors (Lipinski definition) is 0. The van der Waals surface area contributed by atoms with Gasteiger partial charge in [0, 0.05) is 6.08 Å². The number of carbonyl (C=O) groups is 1. The highest BCUT2D eigenvalue weighted by Gasteiger charge is 1.96. The smallest absolute Gasteiger partial charge is 0.330 e. The summed E-state index contributed by atoms with van der Waals surface area (Å²) in [6.07, 6.45) is 2.89. The molecule has 0 N–H and O–H groups in total. The predicted molar refractivity (Wildman–Crippen MR) is 52.1 cm³/mol. The molecule has 0 amide bonds. The average molecular weight is 245 g/mol. The molecule has 0 saturated heterocycles. The maximum Gasteiger partial charge on any atom is 0.330 e. The van der Waals surface area contributed by atoms with Crippen LogP contribution in [0.15, 0.2) is 27.3 Å². The van der Waals surface area contributed by atoms with Gasteiger partial charge in [-0.3, -0.25) is 0 Å². The first-order valence-corrected chi connectivity index (χ1v) is 4.62. The van der Waals surface area contributed by atoms with E-state index in [2.05, 4.69) is 15.9 Å². The van der Waals surface area contributed by atoms with Crippen LogP contribution in [0.25, 0.3) is 6.08 Å². The number of hydrogen-bond acceptors (Lipinski definition) is 3. The third kappa shape index (κ3) is 3.46. The van der Waals surface area contributed by atoms with Gasteiger partial charge in [-0.05, 0) is 41.1 Å². The minimum atomic E-state index is -0.366. The molecule has 0 aromatic carbocycles. The lowest BCUT2D eigenvalue weighted by Crippen LogP contribution is -1.98. The van der Waals surface area contributed by atoms with E-state index in [1.165, 1.54) is 6.08 Å². The zero-order valence-electron chi connectivity index (χ0n) is 7.12. The van der Waals surface area contributed by atoms with Crippen molar-refractivity contribution in [3.63, 3.8) is 0 Å². The van der Waals surface area contributed by atoms with Gasteiger partial charge in [0.1, 0.15) is 5.76 Å². The van der Waals surface area contributed by atoms with Crippen LogP contribution in [-0.2, 0) is 9.53 Å². The predicted octanol–water partition coefficient (Wildman–Crippen LogP) is 2.62. The van der Waals surface area contributed by atoms with Crippen molar-refractivity contribution in [2.75, 3.05) is 6.61 Å².